The largest absolute Gasteiger partial charge is 0.311 e. The van der Waals surface area contributed by atoms with Crippen molar-refractivity contribution in [2.24, 2.45) is 0 Å². The van der Waals surface area contributed by atoms with Crippen LogP contribution in [0.2, 0.25) is 0 Å². The van der Waals surface area contributed by atoms with Crippen LogP contribution in [0.5, 0.6) is 0 Å². The minimum absolute atomic E-state index is 0.00864. The van der Waals surface area contributed by atoms with Crippen LogP contribution < -0.4 is 25.5 Å². The first kappa shape index (κ1) is 46.5. The lowest BCUT2D eigenvalue weighted by Crippen LogP contribution is -2.60. The van der Waals surface area contributed by atoms with E-state index in [0.717, 1.165) is 6.42 Å². The summed E-state index contributed by atoms with van der Waals surface area (Å²) in [4.78, 5) is 5.39. The highest BCUT2D eigenvalue weighted by atomic mass is 32.1. The van der Waals surface area contributed by atoms with E-state index in [2.05, 4.69) is 247 Å². The average Bonchev–Trinajstić information content (AvgIpc) is 3.68. The Hall–Kier alpha value is -5.84. The van der Waals surface area contributed by atoms with Gasteiger partial charge in [-0.15, -0.1) is 11.3 Å². The number of hydrogen-bond donors (Lipinski definition) is 0. The summed E-state index contributed by atoms with van der Waals surface area (Å²) in [6.07, 6.45) is 2.35. The van der Waals surface area contributed by atoms with Gasteiger partial charge in [0.25, 0.3) is 6.71 Å². The van der Waals surface area contributed by atoms with Crippen molar-refractivity contribution < 1.29 is 0 Å². The van der Waals surface area contributed by atoms with Gasteiger partial charge in [-0.25, -0.2) is 0 Å². The molecule has 0 radical (unpaired) electrons. The molecule has 3 aliphatic rings. The lowest BCUT2D eigenvalue weighted by molar-refractivity contribution is 0.332. The third-order valence-corrected chi connectivity index (χ3v) is 17.7. The lowest BCUT2D eigenvalue weighted by Gasteiger charge is -2.45. The van der Waals surface area contributed by atoms with Gasteiger partial charge in [0.1, 0.15) is 0 Å². The van der Waals surface area contributed by atoms with E-state index in [-0.39, 0.29) is 33.8 Å². The van der Waals surface area contributed by atoms with Gasteiger partial charge in [-0.2, -0.15) is 0 Å². The molecule has 11 rings (SSSR count). The molecule has 1 aliphatic carbocycles. The van der Waals surface area contributed by atoms with Gasteiger partial charge in [0, 0.05) is 43.2 Å². The Balaban J connectivity index is 1.32. The molecule has 0 bridgehead atoms. The van der Waals surface area contributed by atoms with E-state index in [0.29, 0.717) is 0 Å². The van der Waals surface area contributed by atoms with Gasteiger partial charge in [0.15, 0.2) is 0 Å². The molecule has 4 heteroatoms. The molecule has 8 aromatic rings. The van der Waals surface area contributed by atoms with E-state index in [1.807, 2.05) is 11.3 Å². The topological polar surface area (TPSA) is 6.48 Å². The third kappa shape index (κ3) is 7.41. The Morgan fingerprint density at radius 1 is 0.500 bits per heavy atom. The average molecular weight is 935 g/mol. The maximum absolute atomic E-state index is 2.72. The van der Waals surface area contributed by atoms with Crippen LogP contribution in [0.4, 0.5) is 34.1 Å². The molecule has 1 aromatic heterocycles. The molecule has 0 N–H and O–H groups in total. The quantitative estimate of drug-likeness (QED) is 0.162. The van der Waals surface area contributed by atoms with Crippen LogP contribution in [0, 0.1) is 13.8 Å². The van der Waals surface area contributed by atoms with Crippen molar-refractivity contribution in [3.63, 3.8) is 0 Å². The maximum atomic E-state index is 2.72. The highest BCUT2D eigenvalue weighted by Gasteiger charge is 2.47. The Bertz CT molecular complexity index is 3400. The van der Waals surface area contributed by atoms with Gasteiger partial charge >= 0.3 is 0 Å². The molecule has 0 amide bonds. The first-order valence-corrected chi connectivity index (χ1v) is 26.7. The van der Waals surface area contributed by atoms with Crippen LogP contribution in [0.3, 0.4) is 0 Å². The summed E-state index contributed by atoms with van der Waals surface area (Å²) in [5, 5.41) is 1.34. The van der Waals surface area contributed by atoms with Crippen molar-refractivity contribution in [2.75, 3.05) is 9.80 Å². The van der Waals surface area contributed by atoms with Crippen LogP contribution >= 0.6 is 11.3 Å². The number of benzene rings is 7. The summed E-state index contributed by atoms with van der Waals surface area (Å²) in [6, 6.07) is 52.7. The molecule has 0 atom stereocenters. The second-order valence-electron chi connectivity index (χ2n) is 25.4. The van der Waals surface area contributed by atoms with Crippen molar-refractivity contribution in [1.82, 2.24) is 0 Å². The SMILES string of the molecule is Cc1cccc(C)c1-c1cc2c3c(c1)N(c1ccc4c(c1)C(C)(C)CCC4(C)C)c1c(sc4ccc(C(C)(C)C)cc14)B3c1cc(C(C)(C)C)ccc1N2c1ccc(C(C)(C)C)cc1-c1ccccc1. The summed E-state index contributed by atoms with van der Waals surface area (Å²) in [5.41, 5.74) is 25.0. The highest BCUT2D eigenvalue weighted by molar-refractivity contribution is 7.33. The normalized spacial score (nSPS) is 16.0. The van der Waals surface area contributed by atoms with Gasteiger partial charge in [-0.3, -0.25) is 0 Å². The third-order valence-electron chi connectivity index (χ3n) is 16.4. The van der Waals surface area contributed by atoms with Crippen molar-refractivity contribution in [1.29, 1.82) is 0 Å². The second kappa shape index (κ2) is 15.8. The van der Waals surface area contributed by atoms with Crippen LogP contribution in [-0.4, -0.2) is 6.71 Å². The molecule has 354 valence electrons. The zero-order valence-electron chi connectivity index (χ0n) is 44.5. The standard InChI is InChI=1S/C66H71BN2S/c1-40-20-19-21-41(2)58(40)43-34-55-59-56(35-43)69(53-29-24-44(62(3,4)5)36-48(53)42-22-17-16-18-23-42)54-30-25-46(64(9,10)11)38-52(54)67(59)61-60(49-37-45(63(6,7)8)26-31-57(49)70-61)68(55)47-27-28-50-51(39-47)66(14,15)33-32-65(50,12)13/h16-31,34-39H,32-33H2,1-15H3. The minimum atomic E-state index is -0.0479. The Labute approximate surface area is 423 Å². The van der Waals surface area contributed by atoms with E-state index in [9.17, 15) is 0 Å². The monoisotopic (exact) mass is 935 g/mol. The van der Waals surface area contributed by atoms with Crippen molar-refractivity contribution in [3.05, 3.63) is 172 Å². The summed E-state index contributed by atoms with van der Waals surface area (Å²) in [5.74, 6) is 0. The zero-order valence-corrected chi connectivity index (χ0v) is 45.3. The zero-order chi connectivity index (χ0) is 49.6. The van der Waals surface area contributed by atoms with Gasteiger partial charge in [-0.05, 0) is 175 Å². The number of anilines is 6. The smallest absolute Gasteiger partial charge is 0.264 e. The number of hydrogen-bond acceptors (Lipinski definition) is 3. The Kier molecular flexibility index (Phi) is 10.5. The van der Waals surface area contributed by atoms with Crippen molar-refractivity contribution in [3.8, 4) is 22.3 Å². The Morgan fingerprint density at radius 3 is 1.71 bits per heavy atom. The first-order valence-electron chi connectivity index (χ1n) is 25.8. The Morgan fingerprint density at radius 2 is 1.07 bits per heavy atom. The summed E-state index contributed by atoms with van der Waals surface area (Å²) in [6.45, 7) is 35.6. The van der Waals surface area contributed by atoms with Crippen LogP contribution in [0.25, 0.3) is 32.3 Å². The van der Waals surface area contributed by atoms with Gasteiger partial charge < -0.3 is 9.80 Å². The lowest BCUT2D eigenvalue weighted by atomic mass is 9.36. The molecule has 0 spiro atoms. The number of nitrogens with zero attached hydrogens (tertiary/aromatic N) is 2. The molecule has 0 fully saturated rings. The minimum Gasteiger partial charge on any atom is -0.311 e. The molecule has 3 heterocycles. The molecule has 2 aliphatic heterocycles. The fraction of sp³-hybridized carbons (Fsp3) is 0.333. The molecule has 0 saturated heterocycles. The fourth-order valence-electron chi connectivity index (χ4n) is 12.1. The number of rotatable bonds is 4. The number of fused-ring (bicyclic) bond motifs is 7. The molecular weight excluding hydrogens is 864 g/mol. The summed E-state index contributed by atoms with van der Waals surface area (Å²) in [7, 11) is 0. The van der Waals surface area contributed by atoms with Gasteiger partial charge in [0.05, 0.1) is 11.4 Å². The predicted octanol–water partition coefficient (Wildman–Crippen LogP) is 17.2. The fourth-order valence-corrected chi connectivity index (χ4v) is 13.4. The summed E-state index contributed by atoms with van der Waals surface area (Å²) < 4.78 is 2.76. The van der Waals surface area contributed by atoms with E-state index in [1.54, 1.807) is 0 Å². The maximum Gasteiger partial charge on any atom is 0.264 e. The van der Waals surface area contributed by atoms with E-state index < -0.39 is 0 Å². The second-order valence-corrected chi connectivity index (χ2v) is 26.5. The molecule has 0 unspecified atom stereocenters. The number of thiophene rings is 1. The first-order chi connectivity index (χ1) is 32.9. The van der Waals surface area contributed by atoms with E-state index >= 15 is 0 Å². The molecule has 7 aromatic carbocycles. The highest BCUT2D eigenvalue weighted by Crippen LogP contribution is 2.54. The molecule has 0 saturated carbocycles. The van der Waals surface area contributed by atoms with E-state index in [1.165, 1.54) is 128 Å². The predicted molar refractivity (Wildman–Crippen MR) is 308 cm³/mol. The molecular formula is C66H71BN2S. The summed E-state index contributed by atoms with van der Waals surface area (Å²) >= 11 is 2.01. The molecule has 70 heavy (non-hydrogen) atoms. The van der Waals surface area contributed by atoms with Crippen LogP contribution in [0.1, 0.15) is 142 Å². The number of aryl methyl sites for hydroxylation is 2. The van der Waals surface area contributed by atoms with Crippen molar-refractivity contribution >= 4 is 78.0 Å². The van der Waals surface area contributed by atoms with Crippen LogP contribution in [0.15, 0.2) is 133 Å². The molecule has 2 nitrogen and oxygen atoms in total. The van der Waals surface area contributed by atoms with Crippen LogP contribution in [-0.2, 0) is 27.1 Å². The van der Waals surface area contributed by atoms with Gasteiger partial charge in [-0.1, -0.05) is 169 Å². The van der Waals surface area contributed by atoms with E-state index in [4.69, 9.17) is 0 Å². The van der Waals surface area contributed by atoms with Gasteiger partial charge in [0.2, 0.25) is 0 Å². The van der Waals surface area contributed by atoms with Crippen molar-refractivity contribution in [2.45, 2.75) is 144 Å².